The molecule has 1 heterocycles. The number of rotatable bonds is 4. The minimum Gasteiger partial charge on any atom is -0.373 e. The van der Waals surface area contributed by atoms with Crippen molar-refractivity contribution in [3.05, 3.63) is 29.8 Å². The van der Waals surface area contributed by atoms with Crippen molar-refractivity contribution >= 4 is 11.6 Å². The van der Waals surface area contributed by atoms with Gasteiger partial charge in [0.15, 0.2) is 0 Å². The van der Waals surface area contributed by atoms with Gasteiger partial charge in [-0.2, -0.15) is 5.26 Å². The standard InChI is InChI=1S/C18H26N4O/c1-14(2)18(3,13-19)20-17(23)12-22-10-9-21(4)16-8-6-5-7-15(16)11-22/h5-8,14H,9-12H2,1-4H3,(H,20,23)/t18-/m1/s1. The molecule has 0 aromatic heterocycles. The average Bonchev–Trinajstić information content (AvgIpc) is 2.66. The van der Waals surface area contributed by atoms with E-state index in [2.05, 4.69) is 40.4 Å². The zero-order valence-corrected chi connectivity index (χ0v) is 14.5. The first-order valence-electron chi connectivity index (χ1n) is 8.09. The van der Waals surface area contributed by atoms with Gasteiger partial charge < -0.3 is 10.2 Å². The number of nitrogens with one attached hydrogen (secondary N) is 1. The van der Waals surface area contributed by atoms with Crippen molar-refractivity contribution in [3.8, 4) is 6.07 Å². The van der Waals surface area contributed by atoms with E-state index in [0.717, 1.165) is 19.6 Å². The molecule has 0 saturated carbocycles. The molecule has 0 unspecified atom stereocenters. The van der Waals surface area contributed by atoms with Crippen LogP contribution in [0.2, 0.25) is 0 Å². The normalized spacial score (nSPS) is 17.8. The van der Waals surface area contributed by atoms with Crippen LogP contribution in [0.25, 0.3) is 0 Å². The molecule has 1 N–H and O–H groups in total. The molecule has 1 atom stereocenters. The van der Waals surface area contributed by atoms with Crippen molar-refractivity contribution in [3.63, 3.8) is 0 Å². The van der Waals surface area contributed by atoms with Crippen LogP contribution < -0.4 is 10.2 Å². The fraction of sp³-hybridized carbons (Fsp3) is 0.556. The average molecular weight is 314 g/mol. The maximum absolute atomic E-state index is 12.4. The SMILES string of the molecule is CC(C)[C@@](C)(C#N)NC(=O)CN1CCN(C)c2ccccc2C1. The Balaban J connectivity index is 2.04. The van der Waals surface area contributed by atoms with Crippen molar-refractivity contribution in [1.29, 1.82) is 5.26 Å². The molecule has 0 aliphatic carbocycles. The summed E-state index contributed by atoms with van der Waals surface area (Å²) < 4.78 is 0. The molecular weight excluding hydrogens is 288 g/mol. The van der Waals surface area contributed by atoms with Gasteiger partial charge in [-0.3, -0.25) is 9.69 Å². The molecule has 0 spiro atoms. The van der Waals surface area contributed by atoms with Crippen LogP contribution in [0.5, 0.6) is 0 Å². The summed E-state index contributed by atoms with van der Waals surface area (Å²) in [6.07, 6.45) is 0. The van der Waals surface area contributed by atoms with Crippen LogP contribution in [-0.2, 0) is 11.3 Å². The summed E-state index contributed by atoms with van der Waals surface area (Å²) in [6.45, 7) is 8.43. The Bertz CT molecular complexity index is 607. The summed E-state index contributed by atoms with van der Waals surface area (Å²) in [6, 6.07) is 10.5. The largest absolute Gasteiger partial charge is 0.373 e. The van der Waals surface area contributed by atoms with Gasteiger partial charge in [-0.05, 0) is 24.5 Å². The number of anilines is 1. The number of fused-ring (bicyclic) bond motifs is 1. The zero-order chi connectivity index (χ0) is 17.0. The number of benzene rings is 1. The number of carbonyl (C=O) groups excluding carboxylic acids is 1. The Morgan fingerprint density at radius 3 is 2.74 bits per heavy atom. The van der Waals surface area contributed by atoms with Gasteiger partial charge in [0.05, 0.1) is 12.6 Å². The lowest BCUT2D eigenvalue weighted by atomic mass is 9.90. The van der Waals surface area contributed by atoms with Gasteiger partial charge in [0.1, 0.15) is 5.54 Å². The summed E-state index contributed by atoms with van der Waals surface area (Å²) >= 11 is 0. The molecule has 1 amide bonds. The minimum absolute atomic E-state index is 0.0624. The fourth-order valence-electron chi connectivity index (χ4n) is 2.72. The van der Waals surface area contributed by atoms with Crippen LogP contribution in [0.15, 0.2) is 24.3 Å². The third-order valence-electron chi connectivity index (χ3n) is 4.70. The number of likely N-dealkylation sites (N-methyl/N-ethyl adjacent to an activating group) is 1. The molecule has 5 heteroatoms. The Morgan fingerprint density at radius 2 is 2.09 bits per heavy atom. The van der Waals surface area contributed by atoms with Crippen LogP contribution in [0.3, 0.4) is 0 Å². The predicted octanol–water partition coefficient (Wildman–Crippen LogP) is 1.99. The lowest BCUT2D eigenvalue weighted by Gasteiger charge is -2.29. The molecule has 1 aliphatic rings. The van der Waals surface area contributed by atoms with Gasteiger partial charge in [-0.15, -0.1) is 0 Å². The van der Waals surface area contributed by atoms with Crippen LogP contribution in [0.4, 0.5) is 5.69 Å². The second-order valence-corrected chi connectivity index (χ2v) is 6.78. The molecule has 1 aromatic rings. The van der Waals surface area contributed by atoms with E-state index in [1.165, 1.54) is 11.3 Å². The molecule has 0 fully saturated rings. The van der Waals surface area contributed by atoms with Crippen LogP contribution in [0.1, 0.15) is 26.3 Å². The summed E-state index contributed by atoms with van der Waals surface area (Å²) in [5, 5.41) is 12.2. The molecule has 0 bridgehead atoms. The monoisotopic (exact) mass is 314 g/mol. The highest BCUT2D eigenvalue weighted by molar-refractivity contribution is 5.79. The smallest absolute Gasteiger partial charge is 0.235 e. The second kappa shape index (κ2) is 7.01. The van der Waals surface area contributed by atoms with Crippen LogP contribution in [-0.4, -0.2) is 43.0 Å². The third-order valence-corrected chi connectivity index (χ3v) is 4.70. The van der Waals surface area contributed by atoms with E-state index in [0.29, 0.717) is 6.54 Å². The van der Waals surface area contributed by atoms with E-state index in [9.17, 15) is 10.1 Å². The maximum atomic E-state index is 12.4. The number of para-hydroxylation sites is 1. The van der Waals surface area contributed by atoms with E-state index in [1.54, 1.807) is 6.92 Å². The van der Waals surface area contributed by atoms with E-state index < -0.39 is 5.54 Å². The predicted molar refractivity (Wildman–Crippen MR) is 92.0 cm³/mol. The maximum Gasteiger partial charge on any atom is 0.235 e. The summed E-state index contributed by atoms with van der Waals surface area (Å²) in [7, 11) is 2.08. The first-order chi connectivity index (χ1) is 10.9. The third kappa shape index (κ3) is 4.02. The number of nitriles is 1. The van der Waals surface area contributed by atoms with Gasteiger partial charge in [-0.1, -0.05) is 32.0 Å². The van der Waals surface area contributed by atoms with Crippen LogP contribution in [0, 0.1) is 17.2 Å². The Kier molecular flexibility index (Phi) is 5.27. The van der Waals surface area contributed by atoms with E-state index in [-0.39, 0.29) is 11.8 Å². The molecule has 1 aromatic carbocycles. The fourth-order valence-corrected chi connectivity index (χ4v) is 2.72. The zero-order valence-electron chi connectivity index (χ0n) is 14.5. The van der Waals surface area contributed by atoms with Gasteiger partial charge >= 0.3 is 0 Å². The van der Waals surface area contributed by atoms with Gasteiger partial charge in [0.25, 0.3) is 0 Å². The highest BCUT2D eigenvalue weighted by atomic mass is 16.2. The van der Waals surface area contributed by atoms with Crippen molar-refractivity contribution in [1.82, 2.24) is 10.2 Å². The molecule has 124 valence electrons. The molecule has 23 heavy (non-hydrogen) atoms. The number of hydrogen-bond acceptors (Lipinski definition) is 4. The van der Waals surface area contributed by atoms with Crippen molar-refractivity contribution in [2.24, 2.45) is 5.92 Å². The first-order valence-corrected chi connectivity index (χ1v) is 8.09. The molecule has 0 radical (unpaired) electrons. The Hall–Kier alpha value is -2.06. The molecular formula is C18H26N4O. The first kappa shape index (κ1) is 17.3. The van der Waals surface area contributed by atoms with E-state index >= 15 is 0 Å². The number of carbonyl (C=O) groups is 1. The highest BCUT2D eigenvalue weighted by Crippen LogP contribution is 2.23. The Morgan fingerprint density at radius 1 is 1.39 bits per heavy atom. The molecule has 2 rings (SSSR count). The molecule has 1 aliphatic heterocycles. The number of hydrogen-bond donors (Lipinski definition) is 1. The van der Waals surface area contributed by atoms with E-state index in [1.807, 2.05) is 26.0 Å². The van der Waals surface area contributed by atoms with Crippen molar-refractivity contribution < 1.29 is 4.79 Å². The second-order valence-electron chi connectivity index (χ2n) is 6.78. The summed E-state index contributed by atoms with van der Waals surface area (Å²) in [5.74, 6) is -0.0303. The molecule has 0 saturated heterocycles. The lowest BCUT2D eigenvalue weighted by molar-refractivity contribution is -0.124. The lowest BCUT2D eigenvalue weighted by Crippen LogP contribution is -2.52. The van der Waals surface area contributed by atoms with Crippen molar-refractivity contribution in [2.75, 3.05) is 31.6 Å². The van der Waals surface area contributed by atoms with Gasteiger partial charge in [0, 0.05) is 32.4 Å². The van der Waals surface area contributed by atoms with Gasteiger partial charge in [-0.25, -0.2) is 0 Å². The van der Waals surface area contributed by atoms with E-state index in [4.69, 9.17) is 0 Å². The number of amides is 1. The topological polar surface area (TPSA) is 59.4 Å². The van der Waals surface area contributed by atoms with Gasteiger partial charge in [0.2, 0.25) is 5.91 Å². The summed E-state index contributed by atoms with van der Waals surface area (Å²) in [5.41, 5.74) is 1.63. The minimum atomic E-state index is -0.822. The quantitative estimate of drug-likeness (QED) is 0.923. The van der Waals surface area contributed by atoms with Crippen molar-refractivity contribution in [2.45, 2.75) is 32.9 Å². The summed E-state index contributed by atoms with van der Waals surface area (Å²) in [4.78, 5) is 16.7. The molecule has 5 nitrogen and oxygen atoms in total. The number of nitrogens with zero attached hydrogens (tertiary/aromatic N) is 3. The Labute approximate surface area is 138 Å². The highest BCUT2D eigenvalue weighted by Gasteiger charge is 2.30. The van der Waals surface area contributed by atoms with Crippen LogP contribution >= 0.6 is 0 Å².